The molecule has 0 atom stereocenters. The molecule has 1 aromatic heterocycles. The lowest BCUT2D eigenvalue weighted by Crippen LogP contribution is -2.34. The summed E-state index contributed by atoms with van der Waals surface area (Å²) in [5, 5.41) is 7.91. The van der Waals surface area contributed by atoms with Crippen molar-refractivity contribution in [1.29, 1.82) is 0 Å². The molecule has 2 heterocycles. The highest BCUT2D eigenvalue weighted by atomic mass is 35.5. The van der Waals surface area contributed by atoms with E-state index in [9.17, 15) is 4.79 Å². The lowest BCUT2D eigenvalue weighted by atomic mass is 10.0. The molecule has 1 N–H and O–H groups in total. The van der Waals surface area contributed by atoms with Gasteiger partial charge in [0.2, 0.25) is 0 Å². The van der Waals surface area contributed by atoms with E-state index in [1.54, 1.807) is 13.0 Å². The number of hydrogen-bond acceptors (Lipinski definition) is 4. The molecule has 22 heavy (non-hydrogen) atoms. The zero-order valence-electron chi connectivity index (χ0n) is 12.4. The molecule has 0 unspecified atom stereocenters. The van der Waals surface area contributed by atoms with E-state index < -0.39 is 0 Å². The molecule has 1 fully saturated rings. The highest BCUT2D eigenvalue weighted by molar-refractivity contribution is 6.33. The minimum Gasteiger partial charge on any atom is -0.360 e. The van der Waals surface area contributed by atoms with Crippen molar-refractivity contribution < 1.29 is 9.32 Å². The van der Waals surface area contributed by atoms with E-state index in [0.29, 0.717) is 28.6 Å². The number of nitrogens with zero attached hydrogens (tertiary/aromatic N) is 2. The van der Waals surface area contributed by atoms with Crippen molar-refractivity contribution in [2.45, 2.75) is 13.3 Å². The number of aromatic nitrogens is 1. The first-order chi connectivity index (χ1) is 10.7. The van der Waals surface area contributed by atoms with Crippen LogP contribution >= 0.6 is 11.6 Å². The van der Waals surface area contributed by atoms with Gasteiger partial charge in [-0.05, 0) is 26.0 Å². The quantitative estimate of drug-likeness (QED) is 0.924. The Morgan fingerprint density at radius 2 is 2.14 bits per heavy atom. The molecule has 0 saturated carbocycles. The minimum absolute atomic E-state index is 0.0441. The third kappa shape index (κ3) is 2.87. The molecular formula is C16H18ClN3O2. The summed E-state index contributed by atoms with van der Waals surface area (Å²) < 4.78 is 5.28. The first-order valence-electron chi connectivity index (χ1n) is 7.39. The monoisotopic (exact) mass is 319 g/mol. The van der Waals surface area contributed by atoms with Gasteiger partial charge in [0.1, 0.15) is 17.0 Å². The Morgan fingerprint density at radius 3 is 2.95 bits per heavy atom. The van der Waals surface area contributed by atoms with Crippen LogP contribution in [0.2, 0.25) is 5.02 Å². The SMILES string of the molecule is Cc1onc(-c2ccccc2Cl)c1C(=O)N1CCCNCC1. The molecule has 0 radical (unpaired) electrons. The van der Waals surface area contributed by atoms with Gasteiger partial charge in [0.15, 0.2) is 0 Å². The summed E-state index contributed by atoms with van der Waals surface area (Å²) in [6, 6.07) is 7.35. The molecule has 1 saturated heterocycles. The lowest BCUT2D eigenvalue weighted by molar-refractivity contribution is 0.0765. The van der Waals surface area contributed by atoms with Crippen LogP contribution in [0.25, 0.3) is 11.3 Å². The first kappa shape index (κ1) is 15.1. The van der Waals surface area contributed by atoms with Crippen LogP contribution in [-0.4, -0.2) is 42.1 Å². The van der Waals surface area contributed by atoms with Crippen LogP contribution < -0.4 is 5.32 Å². The van der Waals surface area contributed by atoms with Crippen LogP contribution in [0.1, 0.15) is 22.5 Å². The third-order valence-electron chi connectivity index (χ3n) is 3.83. The second kappa shape index (κ2) is 6.50. The van der Waals surface area contributed by atoms with Gasteiger partial charge in [0.05, 0.1) is 5.02 Å². The molecule has 5 nitrogen and oxygen atoms in total. The molecule has 1 aromatic carbocycles. The van der Waals surface area contributed by atoms with E-state index in [-0.39, 0.29) is 5.91 Å². The van der Waals surface area contributed by atoms with E-state index in [0.717, 1.165) is 31.6 Å². The highest BCUT2D eigenvalue weighted by Gasteiger charge is 2.27. The van der Waals surface area contributed by atoms with E-state index in [1.807, 2.05) is 23.1 Å². The highest BCUT2D eigenvalue weighted by Crippen LogP contribution is 2.31. The smallest absolute Gasteiger partial charge is 0.259 e. The topological polar surface area (TPSA) is 58.4 Å². The fraction of sp³-hybridized carbons (Fsp3) is 0.375. The van der Waals surface area contributed by atoms with Crippen molar-refractivity contribution in [2.24, 2.45) is 0 Å². The lowest BCUT2D eigenvalue weighted by Gasteiger charge is -2.20. The molecule has 2 aromatic rings. The Labute approximate surface area is 134 Å². The normalized spacial score (nSPS) is 15.6. The van der Waals surface area contributed by atoms with Gasteiger partial charge in [0, 0.05) is 25.2 Å². The average molecular weight is 320 g/mol. The molecule has 0 spiro atoms. The number of aryl methyl sites for hydroxylation is 1. The zero-order chi connectivity index (χ0) is 15.5. The first-order valence-corrected chi connectivity index (χ1v) is 7.77. The van der Waals surface area contributed by atoms with Crippen LogP contribution in [0.15, 0.2) is 28.8 Å². The molecule has 3 rings (SSSR count). The maximum absolute atomic E-state index is 12.9. The van der Waals surface area contributed by atoms with E-state index in [2.05, 4.69) is 10.5 Å². The number of carbonyl (C=O) groups excluding carboxylic acids is 1. The van der Waals surface area contributed by atoms with Gasteiger partial charge in [-0.25, -0.2) is 0 Å². The van der Waals surface area contributed by atoms with Crippen LogP contribution in [0.5, 0.6) is 0 Å². The summed E-state index contributed by atoms with van der Waals surface area (Å²) >= 11 is 6.24. The average Bonchev–Trinajstić information content (AvgIpc) is 2.74. The standard InChI is InChI=1S/C16H18ClN3O2/c1-11-14(16(21)20-9-4-7-18-8-10-20)15(19-22-11)12-5-2-3-6-13(12)17/h2-3,5-6,18H,4,7-10H2,1H3. The number of benzene rings is 1. The largest absolute Gasteiger partial charge is 0.360 e. The second-order valence-electron chi connectivity index (χ2n) is 5.34. The van der Waals surface area contributed by atoms with Crippen molar-refractivity contribution in [2.75, 3.05) is 26.2 Å². The number of carbonyl (C=O) groups is 1. The predicted octanol–water partition coefficient (Wildman–Crippen LogP) is 2.74. The van der Waals surface area contributed by atoms with Crippen LogP contribution in [0.4, 0.5) is 0 Å². The van der Waals surface area contributed by atoms with Gasteiger partial charge in [-0.3, -0.25) is 4.79 Å². The third-order valence-corrected chi connectivity index (χ3v) is 4.16. The summed E-state index contributed by atoms with van der Waals surface area (Å²) in [4.78, 5) is 14.7. The Bertz CT molecular complexity index is 676. The van der Waals surface area contributed by atoms with Gasteiger partial charge < -0.3 is 14.7 Å². The molecule has 1 amide bonds. The molecule has 0 bridgehead atoms. The fourth-order valence-electron chi connectivity index (χ4n) is 2.67. The minimum atomic E-state index is -0.0441. The maximum Gasteiger partial charge on any atom is 0.259 e. The van der Waals surface area contributed by atoms with Gasteiger partial charge in [-0.2, -0.15) is 0 Å². The maximum atomic E-state index is 12.9. The van der Waals surface area contributed by atoms with Gasteiger partial charge in [0.25, 0.3) is 5.91 Å². The number of hydrogen-bond donors (Lipinski definition) is 1. The van der Waals surface area contributed by atoms with Gasteiger partial charge >= 0.3 is 0 Å². The van der Waals surface area contributed by atoms with Crippen LogP contribution in [0, 0.1) is 6.92 Å². The van der Waals surface area contributed by atoms with Crippen LogP contribution in [-0.2, 0) is 0 Å². The van der Waals surface area contributed by atoms with Crippen molar-refractivity contribution >= 4 is 17.5 Å². The van der Waals surface area contributed by atoms with Gasteiger partial charge in [-0.15, -0.1) is 0 Å². The Morgan fingerprint density at radius 1 is 1.32 bits per heavy atom. The number of halogens is 1. The summed E-state index contributed by atoms with van der Waals surface area (Å²) in [6.45, 7) is 4.92. The molecule has 6 heteroatoms. The van der Waals surface area contributed by atoms with E-state index in [4.69, 9.17) is 16.1 Å². The zero-order valence-corrected chi connectivity index (χ0v) is 13.2. The summed E-state index contributed by atoms with van der Waals surface area (Å²) in [5.74, 6) is 0.481. The Balaban J connectivity index is 1.98. The molecule has 0 aliphatic carbocycles. The molecule has 1 aliphatic rings. The number of rotatable bonds is 2. The Hall–Kier alpha value is -1.85. The van der Waals surface area contributed by atoms with Gasteiger partial charge in [-0.1, -0.05) is 35.0 Å². The summed E-state index contributed by atoms with van der Waals surface area (Å²) in [5.41, 5.74) is 1.75. The van der Waals surface area contributed by atoms with Crippen molar-refractivity contribution in [3.8, 4) is 11.3 Å². The number of amides is 1. The van der Waals surface area contributed by atoms with Crippen LogP contribution in [0.3, 0.4) is 0 Å². The molecule has 116 valence electrons. The van der Waals surface area contributed by atoms with E-state index in [1.165, 1.54) is 0 Å². The number of nitrogens with one attached hydrogen (secondary N) is 1. The molecule has 1 aliphatic heterocycles. The fourth-order valence-corrected chi connectivity index (χ4v) is 2.89. The van der Waals surface area contributed by atoms with Crippen molar-refractivity contribution in [3.63, 3.8) is 0 Å². The Kier molecular flexibility index (Phi) is 4.45. The molecular weight excluding hydrogens is 302 g/mol. The summed E-state index contributed by atoms with van der Waals surface area (Å²) in [7, 11) is 0. The summed E-state index contributed by atoms with van der Waals surface area (Å²) in [6.07, 6.45) is 0.942. The second-order valence-corrected chi connectivity index (χ2v) is 5.75. The van der Waals surface area contributed by atoms with E-state index >= 15 is 0 Å². The predicted molar refractivity (Wildman–Crippen MR) is 85.1 cm³/mol. The van der Waals surface area contributed by atoms with Crippen molar-refractivity contribution in [1.82, 2.24) is 15.4 Å². The van der Waals surface area contributed by atoms with Crippen molar-refractivity contribution in [3.05, 3.63) is 40.6 Å².